The number of halogens is 3. The number of alkyl halides is 3. The minimum Gasteiger partial charge on any atom is -0.496 e. The maximum absolute atomic E-state index is 12.1. The standard InChI is InChI=1S/C14H10F3N3O3/c1-21-11-6-12-18-8-19-20(12)13(7-11)22-9-2-4-10(5-3-9)23-14(15,16)17/h2-8H,1H3. The van der Waals surface area contributed by atoms with Gasteiger partial charge >= 0.3 is 6.36 Å². The molecular weight excluding hydrogens is 315 g/mol. The van der Waals surface area contributed by atoms with Crippen LogP contribution in [0.1, 0.15) is 0 Å². The fraction of sp³-hybridized carbons (Fsp3) is 0.143. The Morgan fingerprint density at radius 2 is 1.70 bits per heavy atom. The Morgan fingerprint density at radius 1 is 1.00 bits per heavy atom. The molecule has 0 radical (unpaired) electrons. The molecule has 0 aliphatic heterocycles. The van der Waals surface area contributed by atoms with Crippen molar-refractivity contribution in [1.82, 2.24) is 14.6 Å². The predicted octanol–water partition coefficient (Wildman–Crippen LogP) is 3.43. The van der Waals surface area contributed by atoms with Gasteiger partial charge in [0.15, 0.2) is 5.65 Å². The van der Waals surface area contributed by atoms with Crippen molar-refractivity contribution in [2.24, 2.45) is 0 Å². The number of rotatable bonds is 4. The lowest BCUT2D eigenvalue weighted by Gasteiger charge is -2.11. The van der Waals surface area contributed by atoms with E-state index in [0.29, 0.717) is 23.0 Å². The van der Waals surface area contributed by atoms with Gasteiger partial charge in [0.1, 0.15) is 23.6 Å². The van der Waals surface area contributed by atoms with Gasteiger partial charge in [-0.3, -0.25) is 0 Å². The van der Waals surface area contributed by atoms with Crippen LogP contribution >= 0.6 is 0 Å². The van der Waals surface area contributed by atoms with Crippen LogP contribution in [0.15, 0.2) is 42.7 Å². The molecule has 2 aromatic heterocycles. The zero-order valence-corrected chi connectivity index (χ0v) is 11.7. The Hall–Kier alpha value is -2.97. The molecule has 0 saturated carbocycles. The summed E-state index contributed by atoms with van der Waals surface area (Å²) in [6, 6.07) is 8.26. The lowest BCUT2D eigenvalue weighted by molar-refractivity contribution is -0.274. The molecule has 0 saturated heterocycles. The molecule has 0 bridgehead atoms. The smallest absolute Gasteiger partial charge is 0.496 e. The second-order valence-electron chi connectivity index (χ2n) is 4.38. The summed E-state index contributed by atoms with van der Waals surface area (Å²) in [5.74, 6) is 0.796. The molecule has 9 heteroatoms. The van der Waals surface area contributed by atoms with Crippen molar-refractivity contribution in [2.45, 2.75) is 6.36 Å². The van der Waals surface area contributed by atoms with E-state index in [2.05, 4.69) is 14.8 Å². The van der Waals surface area contributed by atoms with E-state index in [9.17, 15) is 13.2 Å². The van der Waals surface area contributed by atoms with Gasteiger partial charge in [-0.25, -0.2) is 4.98 Å². The maximum Gasteiger partial charge on any atom is 0.573 e. The summed E-state index contributed by atoms with van der Waals surface area (Å²) in [6.07, 6.45) is -3.38. The van der Waals surface area contributed by atoms with E-state index in [4.69, 9.17) is 9.47 Å². The number of aromatic nitrogens is 3. The molecule has 0 N–H and O–H groups in total. The molecule has 0 fully saturated rings. The third kappa shape index (κ3) is 3.44. The number of hydrogen-bond donors (Lipinski definition) is 0. The van der Waals surface area contributed by atoms with Crippen LogP contribution in [0.4, 0.5) is 13.2 Å². The monoisotopic (exact) mass is 325 g/mol. The number of pyridine rings is 1. The molecular formula is C14H10F3N3O3. The van der Waals surface area contributed by atoms with Crippen LogP contribution in [-0.2, 0) is 0 Å². The summed E-state index contributed by atoms with van der Waals surface area (Å²) in [6.45, 7) is 0. The van der Waals surface area contributed by atoms with Gasteiger partial charge in [-0.05, 0) is 24.3 Å². The third-order valence-electron chi connectivity index (χ3n) is 2.84. The average molecular weight is 325 g/mol. The molecule has 0 unspecified atom stereocenters. The van der Waals surface area contributed by atoms with Crippen molar-refractivity contribution in [3.8, 4) is 23.1 Å². The molecule has 0 spiro atoms. The van der Waals surface area contributed by atoms with Gasteiger partial charge in [0.05, 0.1) is 7.11 Å². The second-order valence-corrected chi connectivity index (χ2v) is 4.38. The van der Waals surface area contributed by atoms with E-state index in [1.807, 2.05) is 0 Å². The van der Waals surface area contributed by atoms with E-state index in [1.54, 1.807) is 12.1 Å². The van der Waals surface area contributed by atoms with E-state index in [0.717, 1.165) is 12.1 Å². The van der Waals surface area contributed by atoms with Gasteiger partial charge in [-0.15, -0.1) is 13.2 Å². The summed E-state index contributed by atoms with van der Waals surface area (Å²) in [5, 5.41) is 4.01. The van der Waals surface area contributed by atoms with Crippen molar-refractivity contribution in [2.75, 3.05) is 7.11 Å². The van der Waals surface area contributed by atoms with Gasteiger partial charge in [-0.2, -0.15) is 9.61 Å². The average Bonchev–Trinajstić information content (AvgIpc) is 2.96. The quantitative estimate of drug-likeness (QED) is 0.735. The topological polar surface area (TPSA) is 57.9 Å². The summed E-state index contributed by atoms with van der Waals surface area (Å²) in [4.78, 5) is 4.03. The third-order valence-corrected chi connectivity index (χ3v) is 2.84. The van der Waals surface area contributed by atoms with Gasteiger partial charge in [0.25, 0.3) is 0 Å². The van der Waals surface area contributed by atoms with E-state index < -0.39 is 6.36 Å². The lowest BCUT2D eigenvalue weighted by Crippen LogP contribution is -2.16. The fourth-order valence-corrected chi connectivity index (χ4v) is 1.89. The first kappa shape index (κ1) is 14.9. The molecule has 120 valence electrons. The van der Waals surface area contributed by atoms with Crippen LogP contribution in [0.25, 0.3) is 5.65 Å². The highest BCUT2D eigenvalue weighted by Gasteiger charge is 2.31. The van der Waals surface area contributed by atoms with Crippen LogP contribution in [0.5, 0.6) is 23.1 Å². The van der Waals surface area contributed by atoms with Crippen LogP contribution in [0.3, 0.4) is 0 Å². The zero-order valence-electron chi connectivity index (χ0n) is 11.7. The SMILES string of the molecule is COc1cc(Oc2ccc(OC(F)(F)F)cc2)n2ncnc2c1. The Bertz CT molecular complexity index is 815. The lowest BCUT2D eigenvalue weighted by atomic mass is 10.3. The minimum atomic E-state index is -4.73. The highest BCUT2D eigenvalue weighted by molar-refractivity contribution is 5.48. The van der Waals surface area contributed by atoms with Crippen LogP contribution in [-0.4, -0.2) is 28.1 Å². The van der Waals surface area contributed by atoms with Crippen molar-refractivity contribution >= 4 is 5.65 Å². The Morgan fingerprint density at radius 3 is 2.35 bits per heavy atom. The first-order valence-corrected chi connectivity index (χ1v) is 6.36. The Balaban J connectivity index is 1.86. The molecule has 6 nitrogen and oxygen atoms in total. The van der Waals surface area contributed by atoms with Crippen molar-refractivity contribution in [3.63, 3.8) is 0 Å². The molecule has 2 heterocycles. The number of hydrogen-bond acceptors (Lipinski definition) is 5. The summed E-state index contributed by atoms with van der Waals surface area (Å²) in [5.41, 5.74) is 0.511. The summed E-state index contributed by atoms with van der Waals surface area (Å²) in [7, 11) is 1.50. The minimum absolute atomic E-state index is 0.307. The normalized spacial score (nSPS) is 11.5. The Kier molecular flexibility index (Phi) is 3.68. The number of fused-ring (bicyclic) bond motifs is 1. The van der Waals surface area contributed by atoms with Crippen LogP contribution < -0.4 is 14.2 Å². The van der Waals surface area contributed by atoms with E-state index in [1.165, 1.54) is 30.1 Å². The first-order valence-electron chi connectivity index (χ1n) is 6.36. The van der Waals surface area contributed by atoms with Crippen LogP contribution in [0, 0.1) is 0 Å². The fourth-order valence-electron chi connectivity index (χ4n) is 1.89. The largest absolute Gasteiger partial charge is 0.573 e. The summed E-state index contributed by atoms with van der Waals surface area (Å²) >= 11 is 0. The number of nitrogens with zero attached hydrogens (tertiary/aromatic N) is 3. The number of ether oxygens (including phenoxy) is 3. The second kappa shape index (κ2) is 5.67. The highest BCUT2D eigenvalue weighted by atomic mass is 19.4. The zero-order chi connectivity index (χ0) is 16.4. The van der Waals surface area contributed by atoms with Gasteiger partial charge in [0.2, 0.25) is 5.88 Å². The number of methoxy groups -OCH3 is 1. The summed E-state index contributed by atoms with van der Waals surface area (Å²) < 4.78 is 52.4. The molecule has 0 amide bonds. The van der Waals surface area contributed by atoms with Crippen molar-refractivity contribution < 1.29 is 27.4 Å². The molecule has 23 heavy (non-hydrogen) atoms. The van der Waals surface area contributed by atoms with Crippen molar-refractivity contribution in [3.05, 3.63) is 42.7 Å². The molecule has 3 rings (SSSR count). The molecule has 0 aliphatic carbocycles. The highest BCUT2D eigenvalue weighted by Crippen LogP contribution is 2.29. The van der Waals surface area contributed by atoms with Crippen LogP contribution in [0.2, 0.25) is 0 Å². The first-order chi connectivity index (χ1) is 10.9. The van der Waals surface area contributed by atoms with E-state index in [-0.39, 0.29) is 5.75 Å². The van der Waals surface area contributed by atoms with E-state index >= 15 is 0 Å². The van der Waals surface area contributed by atoms with Crippen molar-refractivity contribution in [1.29, 1.82) is 0 Å². The molecule has 1 aromatic carbocycles. The Labute approximate surface area is 128 Å². The molecule has 0 atom stereocenters. The number of benzene rings is 1. The molecule has 3 aromatic rings. The maximum atomic E-state index is 12.1. The molecule has 0 aliphatic rings. The van der Waals surface area contributed by atoms with Gasteiger partial charge < -0.3 is 14.2 Å². The predicted molar refractivity (Wildman–Crippen MR) is 72.7 cm³/mol. The van der Waals surface area contributed by atoms with Gasteiger partial charge in [-0.1, -0.05) is 0 Å². The van der Waals surface area contributed by atoms with Gasteiger partial charge in [0, 0.05) is 12.1 Å².